The SMILES string of the molecule is CCC1(N)CN(CC2Cc3cc(F)ccc3O2)C1. The predicted molar refractivity (Wildman–Crippen MR) is 68.2 cm³/mol. The first-order valence-corrected chi connectivity index (χ1v) is 6.54. The fourth-order valence-electron chi connectivity index (χ4n) is 2.88. The summed E-state index contributed by atoms with van der Waals surface area (Å²) in [7, 11) is 0. The lowest BCUT2D eigenvalue weighted by molar-refractivity contribution is 0.0350. The third-order valence-electron chi connectivity index (χ3n) is 4.01. The van der Waals surface area contributed by atoms with Crippen LogP contribution in [0.3, 0.4) is 0 Å². The monoisotopic (exact) mass is 250 g/mol. The summed E-state index contributed by atoms with van der Waals surface area (Å²) >= 11 is 0. The summed E-state index contributed by atoms with van der Waals surface area (Å²) in [6.07, 6.45) is 1.96. The molecular weight excluding hydrogens is 231 g/mol. The van der Waals surface area contributed by atoms with Gasteiger partial charge in [-0.1, -0.05) is 6.92 Å². The van der Waals surface area contributed by atoms with Gasteiger partial charge in [0.15, 0.2) is 0 Å². The predicted octanol–water partition coefficient (Wildman–Crippen LogP) is 1.55. The summed E-state index contributed by atoms with van der Waals surface area (Å²) in [5, 5.41) is 0. The Morgan fingerprint density at radius 2 is 2.28 bits per heavy atom. The normalized spacial score (nSPS) is 25.4. The highest BCUT2D eigenvalue weighted by Gasteiger charge is 2.39. The molecule has 1 unspecified atom stereocenters. The number of halogens is 1. The van der Waals surface area contributed by atoms with E-state index in [-0.39, 0.29) is 17.5 Å². The number of benzene rings is 1. The Hall–Kier alpha value is -1.13. The molecule has 18 heavy (non-hydrogen) atoms. The highest BCUT2D eigenvalue weighted by Crippen LogP contribution is 2.31. The van der Waals surface area contributed by atoms with E-state index in [1.165, 1.54) is 6.07 Å². The number of rotatable bonds is 3. The lowest BCUT2D eigenvalue weighted by Gasteiger charge is -2.48. The second kappa shape index (κ2) is 4.21. The van der Waals surface area contributed by atoms with Crippen LogP contribution in [0.5, 0.6) is 5.75 Å². The standard InChI is InChI=1S/C14H19FN2O/c1-2-14(16)8-17(9-14)7-12-6-10-5-11(15)3-4-13(10)18-12/h3-5,12H,2,6-9,16H2,1H3. The molecule has 1 saturated heterocycles. The van der Waals surface area contributed by atoms with Gasteiger partial charge in [-0.2, -0.15) is 0 Å². The van der Waals surface area contributed by atoms with E-state index in [1.54, 1.807) is 12.1 Å². The Kier molecular flexibility index (Phi) is 2.79. The summed E-state index contributed by atoms with van der Waals surface area (Å²) < 4.78 is 18.9. The molecular formula is C14H19FN2O. The van der Waals surface area contributed by atoms with Crippen LogP contribution in [0.4, 0.5) is 4.39 Å². The Morgan fingerprint density at radius 3 is 3.00 bits per heavy atom. The lowest BCUT2D eigenvalue weighted by Crippen LogP contribution is -2.67. The molecule has 1 fully saturated rings. The average molecular weight is 250 g/mol. The smallest absolute Gasteiger partial charge is 0.123 e. The van der Waals surface area contributed by atoms with E-state index < -0.39 is 0 Å². The molecule has 2 heterocycles. The topological polar surface area (TPSA) is 38.5 Å². The Labute approximate surface area is 107 Å². The van der Waals surface area contributed by atoms with Crippen LogP contribution in [0.15, 0.2) is 18.2 Å². The van der Waals surface area contributed by atoms with E-state index in [0.29, 0.717) is 0 Å². The van der Waals surface area contributed by atoms with Crippen LogP contribution < -0.4 is 10.5 Å². The molecule has 1 atom stereocenters. The van der Waals surface area contributed by atoms with Crippen LogP contribution in [-0.2, 0) is 6.42 Å². The van der Waals surface area contributed by atoms with Crippen molar-refractivity contribution in [2.45, 2.75) is 31.4 Å². The largest absolute Gasteiger partial charge is 0.488 e. The van der Waals surface area contributed by atoms with Crippen molar-refractivity contribution >= 4 is 0 Å². The van der Waals surface area contributed by atoms with E-state index in [9.17, 15) is 4.39 Å². The Bertz CT molecular complexity index is 457. The summed E-state index contributed by atoms with van der Waals surface area (Å²) in [5.41, 5.74) is 7.12. The lowest BCUT2D eigenvalue weighted by atomic mass is 9.88. The number of hydrogen-bond donors (Lipinski definition) is 1. The molecule has 1 aromatic carbocycles. The minimum atomic E-state index is -0.186. The van der Waals surface area contributed by atoms with Gasteiger partial charge in [0.2, 0.25) is 0 Å². The molecule has 2 aliphatic rings. The molecule has 0 aromatic heterocycles. The van der Waals surface area contributed by atoms with Gasteiger partial charge in [0.1, 0.15) is 17.7 Å². The molecule has 2 N–H and O–H groups in total. The molecule has 0 amide bonds. The number of nitrogens with zero attached hydrogens (tertiary/aromatic N) is 1. The average Bonchev–Trinajstić information content (AvgIpc) is 2.68. The summed E-state index contributed by atoms with van der Waals surface area (Å²) in [6.45, 7) is 4.89. The minimum Gasteiger partial charge on any atom is -0.488 e. The van der Waals surface area contributed by atoms with E-state index in [2.05, 4.69) is 11.8 Å². The van der Waals surface area contributed by atoms with Crippen molar-refractivity contribution in [3.8, 4) is 5.75 Å². The van der Waals surface area contributed by atoms with Crippen LogP contribution in [0.25, 0.3) is 0 Å². The first kappa shape index (κ1) is 11.9. The van der Waals surface area contributed by atoms with E-state index >= 15 is 0 Å². The van der Waals surface area contributed by atoms with Gasteiger partial charge in [-0.15, -0.1) is 0 Å². The van der Waals surface area contributed by atoms with Crippen LogP contribution >= 0.6 is 0 Å². The molecule has 2 aliphatic heterocycles. The van der Waals surface area contributed by atoms with Crippen molar-refractivity contribution in [1.82, 2.24) is 4.90 Å². The molecule has 0 spiro atoms. The number of hydrogen-bond acceptors (Lipinski definition) is 3. The van der Waals surface area contributed by atoms with Crippen LogP contribution in [0.1, 0.15) is 18.9 Å². The van der Waals surface area contributed by atoms with Crippen molar-refractivity contribution < 1.29 is 9.13 Å². The molecule has 98 valence electrons. The zero-order chi connectivity index (χ0) is 12.8. The van der Waals surface area contributed by atoms with Crippen molar-refractivity contribution in [3.63, 3.8) is 0 Å². The van der Waals surface area contributed by atoms with Gasteiger partial charge in [0, 0.05) is 37.2 Å². The van der Waals surface area contributed by atoms with Gasteiger partial charge >= 0.3 is 0 Å². The molecule has 3 nitrogen and oxygen atoms in total. The van der Waals surface area contributed by atoms with Gasteiger partial charge in [-0.05, 0) is 24.6 Å². The number of fused-ring (bicyclic) bond motifs is 1. The van der Waals surface area contributed by atoms with Gasteiger partial charge in [-0.3, -0.25) is 4.90 Å². The van der Waals surface area contributed by atoms with Gasteiger partial charge in [0.05, 0.1) is 0 Å². The van der Waals surface area contributed by atoms with Gasteiger partial charge in [-0.25, -0.2) is 4.39 Å². The molecule has 0 bridgehead atoms. The molecule has 4 heteroatoms. The first-order valence-electron chi connectivity index (χ1n) is 6.54. The van der Waals surface area contributed by atoms with E-state index in [1.807, 2.05) is 0 Å². The second-order valence-corrected chi connectivity index (χ2v) is 5.58. The van der Waals surface area contributed by atoms with Crippen LogP contribution in [0.2, 0.25) is 0 Å². The first-order chi connectivity index (χ1) is 8.58. The number of nitrogens with two attached hydrogens (primary N) is 1. The minimum absolute atomic E-state index is 0.00242. The van der Waals surface area contributed by atoms with Crippen molar-refractivity contribution in [2.75, 3.05) is 19.6 Å². The highest BCUT2D eigenvalue weighted by molar-refractivity contribution is 5.38. The molecule has 0 aliphatic carbocycles. The summed E-state index contributed by atoms with van der Waals surface area (Å²) in [6, 6.07) is 4.75. The highest BCUT2D eigenvalue weighted by atomic mass is 19.1. The zero-order valence-electron chi connectivity index (χ0n) is 10.7. The summed E-state index contributed by atoms with van der Waals surface area (Å²) in [5.74, 6) is 0.644. The van der Waals surface area contributed by atoms with Crippen molar-refractivity contribution in [1.29, 1.82) is 0 Å². The van der Waals surface area contributed by atoms with Crippen molar-refractivity contribution in [2.24, 2.45) is 5.73 Å². The molecule has 3 rings (SSSR count). The van der Waals surface area contributed by atoms with Gasteiger partial charge < -0.3 is 10.5 Å². The zero-order valence-corrected chi connectivity index (χ0v) is 10.7. The molecule has 0 radical (unpaired) electrons. The maximum absolute atomic E-state index is 13.1. The summed E-state index contributed by atoms with van der Waals surface area (Å²) in [4.78, 5) is 2.32. The van der Waals surface area contributed by atoms with Crippen LogP contribution in [-0.4, -0.2) is 36.2 Å². The fourth-order valence-corrected chi connectivity index (χ4v) is 2.88. The maximum Gasteiger partial charge on any atom is 0.123 e. The van der Waals surface area contributed by atoms with Crippen LogP contribution in [0, 0.1) is 5.82 Å². The van der Waals surface area contributed by atoms with Gasteiger partial charge in [0.25, 0.3) is 0 Å². The maximum atomic E-state index is 13.1. The van der Waals surface area contributed by atoms with Crippen molar-refractivity contribution in [3.05, 3.63) is 29.6 Å². The van der Waals surface area contributed by atoms with E-state index in [0.717, 1.165) is 43.8 Å². The Morgan fingerprint density at radius 1 is 1.50 bits per heavy atom. The third-order valence-corrected chi connectivity index (χ3v) is 4.01. The molecule has 0 saturated carbocycles. The number of ether oxygens (including phenoxy) is 1. The fraction of sp³-hybridized carbons (Fsp3) is 0.571. The second-order valence-electron chi connectivity index (χ2n) is 5.58. The Balaban J connectivity index is 1.56. The molecule has 1 aromatic rings. The quantitative estimate of drug-likeness (QED) is 0.884. The van der Waals surface area contributed by atoms with E-state index in [4.69, 9.17) is 10.5 Å². The third kappa shape index (κ3) is 2.10. The number of likely N-dealkylation sites (tertiary alicyclic amines) is 1.